The van der Waals surface area contributed by atoms with Crippen LogP contribution < -0.4 is 10.1 Å². The van der Waals surface area contributed by atoms with Crippen molar-refractivity contribution in [2.75, 3.05) is 11.9 Å². The third-order valence-electron chi connectivity index (χ3n) is 4.28. The van der Waals surface area contributed by atoms with Gasteiger partial charge in [0.2, 0.25) is 5.88 Å². The van der Waals surface area contributed by atoms with E-state index >= 15 is 0 Å². The predicted octanol–water partition coefficient (Wildman–Crippen LogP) is 1.36. The second-order valence-corrected chi connectivity index (χ2v) is 6.59. The van der Waals surface area contributed by atoms with Crippen LogP contribution in [0, 0.1) is 5.92 Å². The van der Waals surface area contributed by atoms with Crippen molar-refractivity contribution in [3.05, 3.63) is 24.5 Å². The Bertz CT molecular complexity index is 674. The lowest BCUT2D eigenvalue weighted by Crippen LogP contribution is -2.22. The molecule has 2 aromatic rings. The molecule has 0 amide bonds. The summed E-state index contributed by atoms with van der Waals surface area (Å²) in [6.07, 6.45) is 6.23. The number of aryl methyl sites for hydroxylation is 1. The maximum Gasteiger partial charge on any atom is 0.234 e. The molecule has 1 aliphatic rings. The van der Waals surface area contributed by atoms with Gasteiger partial charge in [-0.2, -0.15) is 4.98 Å². The topological polar surface area (TPSA) is 98.0 Å². The molecule has 0 radical (unpaired) electrons. The molecule has 1 saturated carbocycles. The number of aromatic nitrogens is 5. The Kier molecular flexibility index (Phi) is 4.94. The van der Waals surface area contributed by atoms with E-state index in [2.05, 4.69) is 25.5 Å². The summed E-state index contributed by atoms with van der Waals surface area (Å²) < 4.78 is 7.47. The molecule has 24 heavy (non-hydrogen) atoms. The van der Waals surface area contributed by atoms with Crippen LogP contribution in [0.3, 0.4) is 0 Å². The van der Waals surface area contributed by atoms with E-state index in [0.717, 1.165) is 12.2 Å². The van der Waals surface area contributed by atoms with E-state index in [1.165, 1.54) is 0 Å². The summed E-state index contributed by atoms with van der Waals surface area (Å²) in [5.41, 5.74) is 0. The van der Waals surface area contributed by atoms with Crippen LogP contribution in [0.25, 0.3) is 0 Å². The molecule has 0 aromatic carbocycles. The van der Waals surface area contributed by atoms with Crippen molar-refractivity contribution >= 4 is 5.82 Å². The highest BCUT2D eigenvalue weighted by atomic mass is 16.5. The molecule has 8 nitrogen and oxygen atoms in total. The summed E-state index contributed by atoms with van der Waals surface area (Å²) in [6, 6.07) is 0. The number of anilines is 1. The highest BCUT2D eigenvalue weighted by Gasteiger charge is 2.35. The summed E-state index contributed by atoms with van der Waals surface area (Å²) in [5.74, 6) is 2.47. The second kappa shape index (κ2) is 7.12. The molecule has 0 unspecified atom stereocenters. The molecule has 0 spiro atoms. The van der Waals surface area contributed by atoms with Gasteiger partial charge in [-0.1, -0.05) is 0 Å². The number of hydrogen-bond acceptors (Lipinski definition) is 7. The zero-order valence-electron chi connectivity index (χ0n) is 14.3. The number of aliphatic hydroxyl groups excluding tert-OH is 1. The minimum absolute atomic E-state index is 0.0540. The van der Waals surface area contributed by atoms with Crippen molar-refractivity contribution < 1.29 is 9.84 Å². The fourth-order valence-electron chi connectivity index (χ4n) is 3.16. The molecule has 1 aliphatic carbocycles. The Morgan fingerprint density at radius 3 is 2.92 bits per heavy atom. The summed E-state index contributed by atoms with van der Waals surface area (Å²) in [6.45, 7) is 4.53. The Balaban J connectivity index is 1.58. The van der Waals surface area contributed by atoms with Gasteiger partial charge in [-0.15, -0.1) is 10.2 Å². The van der Waals surface area contributed by atoms with E-state index in [1.54, 1.807) is 18.7 Å². The van der Waals surface area contributed by atoms with Gasteiger partial charge in [0.15, 0.2) is 0 Å². The molecule has 0 saturated heterocycles. The van der Waals surface area contributed by atoms with Crippen LogP contribution in [-0.4, -0.2) is 48.6 Å². The molecule has 2 heterocycles. The molecular weight excluding hydrogens is 308 g/mol. The van der Waals surface area contributed by atoms with Gasteiger partial charge < -0.3 is 19.7 Å². The standard InChI is InChI=1S/C16H24N6O2/c1-10(2)24-15-8-17-7-14(20-15)18-6-12-4-11(5-13(12)23)16-21-19-9-22(16)3/h7-13,23H,4-6H2,1-3H3,(H,18,20)/t11-,12+,13+/m0/s1. The van der Waals surface area contributed by atoms with Crippen molar-refractivity contribution in [2.45, 2.75) is 44.8 Å². The fourth-order valence-corrected chi connectivity index (χ4v) is 3.16. The second-order valence-electron chi connectivity index (χ2n) is 6.59. The number of aliphatic hydroxyl groups is 1. The van der Waals surface area contributed by atoms with E-state index in [-0.39, 0.29) is 24.0 Å². The molecule has 0 aliphatic heterocycles. The van der Waals surface area contributed by atoms with Crippen molar-refractivity contribution in [2.24, 2.45) is 13.0 Å². The van der Waals surface area contributed by atoms with Gasteiger partial charge in [0.05, 0.1) is 24.6 Å². The highest BCUT2D eigenvalue weighted by molar-refractivity contribution is 5.33. The van der Waals surface area contributed by atoms with Crippen LogP contribution in [0.2, 0.25) is 0 Å². The van der Waals surface area contributed by atoms with Gasteiger partial charge in [0.25, 0.3) is 0 Å². The largest absolute Gasteiger partial charge is 0.474 e. The molecule has 1 fully saturated rings. The smallest absolute Gasteiger partial charge is 0.234 e. The normalized spacial score (nSPS) is 23.6. The summed E-state index contributed by atoms with van der Waals surface area (Å²) in [7, 11) is 1.93. The van der Waals surface area contributed by atoms with E-state index in [0.29, 0.717) is 24.7 Å². The van der Waals surface area contributed by atoms with Gasteiger partial charge >= 0.3 is 0 Å². The molecule has 8 heteroatoms. The van der Waals surface area contributed by atoms with Gasteiger partial charge in [0.1, 0.15) is 18.0 Å². The first kappa shape index (κ1) is 16.6. The lowest BCUT2D eigenvalue weighted by atomic mass is 10.0. The van der Waals surface area contributed by atoms with E-state index in [4.69, 9.17) is 4.74 Å². The molecule has 3 rings (SSSR count). The Labute approximate surface area is 141 Å². The Morgan fingerprint density at radius 2 is 2.21 bits per heavy atom. The first-order valence-electron chi connectivity index (χ1n) is 8.27. The highest BCUT2D eigenvalue weighted by Crippen LogP contribution is 2.37. The van der Waals surface area contributed by atoms with Crippen molar-refractivity contribution in [3.8, 4) is 5.88 Å². The molecular formula is C16H24N6O2. The zero-order chi connectivity index (χ0) is 17.1. The lowest BCUT2D eigenvalue weighted by Gasteiger charge is -2.16. The third-order valence-corrected chi connectivity index (χ3v) is 4.28. The SMILES string of the molecule is CC(C)Oc1cncc(NC[C@H]2C[C@H](c3nncn3C)C[C@H]2O)n1. The molecule has 3 atom stereocenters. The Hall–Kier alpha value is -2.22. The number of hydrogen-bond donors (Lipinski definition) is 2. The number of nitrogens with one attached hydrogen (secondary N) is 1. The zero-order valence-corrected chi connectivity index (χ0v) is 14.3. The van der Waals surface area contributed by atoms with E-state index in [1.807, 2.05) is 25.5 Å². The lowest BCUT2D eigenvalue weighted by molar-refractivity contribution is 0.137. The van der Waals surface area contributed by atoms with Gasteiger partial charge in [0, 0.05) is 25.4 Å². The molecule has 0 bridgehead atoms. The number of nitrogens with zero attached hydrogens (tertiary/aromatic N) is 5. The van der Waals surface area contributed by atoms with Crippen molar-refractivity contribution in [1.29, 1.82) is 0 Å². The van der Waals surface area contributed by atoms with Crippen molar-refractivity contribution in [1.82, 2.24) is 24.7 Å². The number of rotatable bonds is 6. The predicted molar refractivity (Wildman–Crippen MR) is 88.8 cm³/mol. The number of ether oxygens (including phenoxy) is 1. The first-order chi connectivity index (χ1) is 11.5. The van der Waals surface area contributed by atoms with E-state index in [9.17, 15) is 5.11 Å². The summed E-state index contributed by atoms with van der Waals surface area (Å²) in [4.78, 5) is 8.51. The van der Waals surface area contributed by atoms with Gasteiger partial charge in [-0.3, -0.25) is 4.98 Å². The third kappa shape index (κ3) is 3.81. The van der Waals surface area contributed by atoms with Crippen LogP contribution in [0.4, 0.5) is 5.82 Å². The van der Waals surface area contributed by atoms with Crippen LogP contribution in [0.15, 0.2) is 18.7 Å². The molecule has 2 aromatic heterocycles. The van der Waals surface area contributed by atoms with Crippen molar-refractivity contribution in [3.63, 3.8) is 0 Å². The van der Waals surface area contributed by atoms with Crippen LogP contribution >= 0.6 is 0 Å². The average Bonchev–Trinajstić information content (AvgIpc) is 3.10. The molecule has 130 valence electrons. The maximum atomic E-state index is 10.3. The fraction of sp³-hybridized carbons (Fsp3) is 0.625. The summed E-state index contributed by atoms with van der Waals surface area (Å²) in [5, 5.41) is 21.7. The van der Waals surface area contributed by atoms with Gasteiger partial charge in [-0.25, -0.2) is 0 Å². The first-order valence-corrected chi connectivity index (χ1v) is 8.27. The van der Waals surface area contributed by atoms with E-state index < -0.39 is 0 Å². The van der Waals surface area contributed by atoms with Crippen LogP contribution in [0.5, 0.6) is 5.88 Å². The minimum Gasteiger partial charge on any atom is -0.474 e. The maximum absolute atomic E-state index is 10.3. The molecule has 2 N–H and O–H groups in total. The monoisotopic (exact) mass is 332 g/mol. The minimum atomic E-state index is -0.359. The van der Waals surface area contributed by atoms with Crippen LogP contribution in [-0.2, 0) is 7.05 Å². The van der Waals surface area contributed by atoms with Gasteiger partial charge in [-0.05, 0) is 26.7 Å². The average molecular weight is 332 g/mol. The summed E-state index contributed by atoms with van der Waals surface area (Å²) >= 11 is 0. The Morgan fingerprint density at radius 1 is 1.38 bits per heavy atom. The quantitative estimate of drug-likeness (QED) is 0.824. The van der Waals surface area contributed by atoms with Crippen LogP contribution in [0.1, 0.15) is 38.4 Å².